The van der Waals surface area contributed by atoms with Gasteiger partial charge in [0.2, 0.25) is 0 Å². The molecule has 0 radical (unpaired) electrons. The van der Waals surface area contributed by atoms with E-state index in [-0.39, 0.29) is 24.9 Å². The van der Waals surface area contributed by atoms with Gasteiger partial charge in [0.05, 0.1) is 0 Å². The SMILES string of the molecule is NCC(O)(COc1ccc(F)cc1)C1CC1. The average Bonchev–Trinajstić information content (AvgIpc) is 3.12. The summed E-state index contributed by atoms with van der Waals surface area (Å²) in [5.41, 5.74) is 4.61. The molecule has 4 heteroatoms. The molecule has 0 aliphatic heterocycles. The predicted molar refractivity (Wildman–Crippen MR) is 58.6 cm³/mol. The monoisotopic (exact) mass is 225 g/mol. The van der Waals surface area contributed by atoms with Gasteiger partial charge in [0.15, 0.2) is 0 Å². The van der Waals surface area contributed by atoms with Gasteiger partial charge in [-0.15, -0.1) is 0 Å². The Morgan fingerprint density at radius 3 is 2.50 bits per heavy atom. The van der Waals surface area contributed by atoms with Crippen LogP contribution in [0, 0.1) is 11.7 Å². The zero-order valence-corrected chi connectivity index (χ0v) is 9.03. The molecule has 88 valence electrons. The molecular formula is C12H16FNO2. The third kappa shape index (κ3) is 2.51. The molecule has 1 aromatic carbocycles. The van der Waals surface area contributed by atoms with E-state index in [1.165, 1.54) is 12.1 Å². The van der Waals surface area contributed by atoms with Crippen LogP contribution in [-0.4, -0.2) is 23.9 Å². The van der Waals surface area contributed by atoms with E-state index in [0.29, 0.717) is 5.75 Å². The van der Waals surface area contributed by atoms with Crippen LogP contribution in [0.25, 0.3) is 0 Å². The molecule has 1 fully saturated rings. The Labute approximate surface area is 94.0 Å². The van der Waals surface area contributed by atoms with Crippen molar-refractivity contribution in [1.82, 2.24) is 0 Å². The smallest absolute Gasteiger partial charge is 0.123 e. The van der Waals surface area contributed by atoms with Gasteiger partial charge in [-0.3, -0.25) is 0 Å². The molecule has 1 aliphatic rings. The molecule has 1 aromatic rings. The first-order valence-corrected chi connectivity index (χ1v) is 5.45. The Hall–Kier alpha value is -1.13. The normalized spacial score (nSPS) is 19.2. The van der Waals surface area contributed by atoms with Gasteiger partial charge < -0.3 is 15.6 Å². The van der Waals surface area contributed by atoms with Crippen molar-refractivity contribution in [2.75, 3.05) is 13.2 Å². The van der Waals surface area contributed by atoms with Gasteiger partial charge in [-0.05, 0) is 43.0 Å². The molecule has 1 atom stereocenters. The first-order valence-electron chi connectivity index (χ1n) is 5.45. The van der Waals surface area contributed by atoms with E-state index < -0.39 is 5.60 Å². The highest BCUT2D eigenvalue weighted by Gasteiger charge is 2.43. The predicted octanol–water partition coefficient (Wildman–Crippen LogP) is 1.30. The lowest BCUT2D eigenvalue weighted by molar-refractivity contribution is -0.0162. The molecule has 0 amide bonds. The summed E-state index contributed by atoms with van der Waals surface area (Å²) >= 11 is 0. The van der Waals surface area contributed by atoms with E-state index in [0.717, 1.165) is 12.8 Å². The minimum absolute atomic E-state index is 0.166. The standard InChI is InChI=1S/C12H16FNO2/c13-10-3-5-11(6-4-10)16-8-12(15,7-14)9-1-2-9/h3-6,9,15H,1-2,7-8,14H2. The summed E-state index contributed by atoms with van der Waals surface area (Å²) in [6.07, 6.45) is 2.00. The van der Waals surface area contributed by atoms with Gasteiger partial charge in [0.1, 0.15) is 23.8 Å². The fraction of sp³-hybridized carbons (Fsp3) is 0.500. The average molecular weight is 225 g/mol. The minimum Gasteiger partial charge on any atom is -0.491 e. The highest BCUT2D eigenvalue weighted by atomic mass is 19.1. The second-order valence-corrected chi connectivity index (χ2v) is 4.32. The van der Waals surface area contributed by atoms with Crippen molar-refractivity contribution in [1.29, 1.82) is 0 Å². The van der Waals surface area contributed by atoms with Gasteiger partial charge in [0.25, 0.3) is 0 Å². The Morgan fingerprint density at radius 2 is 2.00 bits per heavy atom. The van der Waals surface area contributed by atoms with Crippen molar-refractivity contribution >= 4 is 0 Å². The summed E-state index contributed by atoms with van der Waals surface area (Å²) in [6, 6.07) is 5.74. The molecule has 3 N–H and O–H groups in total. The Bertz CT molecular complexity index is 351. The van der Waals surface area contributed by atoms with Crippen LogP contribution < -0.4 is 10.5 Å². The second kappa shape index (κ2) is 4.39. The number of aliphatic hydroxyl groups is 1. The Kier molecular flexibility index (Phi) is 3.12. The molecule has 1 unspecified atom stereocenters. The third-order valence-corrected chi connectivity index (χ3v) is 2.99. The van der Waals surface area contributed by atoms with E-state index in [2.05, 4.69) is 0 Å². The van der Waals surface area contributed by atoms with E-state index in [1.807, 2.05) is 0 Å². The summed E-state index contributed by atoms with van der Waals surface area (Å²) in [5, 5.41) is 10.2. The number of benzene rings is 1. The van der Waals surface area contributed by atoms with Crippen molar-refractivity contribution in [3.8, 4) is 5.75 Å². The number of hydrogen-bond acceptors (Lipinski definition) is 3. The fourth-order valence-corrected chi connectivity index (χ4v) is 1.70. The molecule has 2 rings (SSSR count). The topological polar surface area (TPSA) is 55.5 Å². The maximum Gasteiger partial charge on any atom is 0.123 e. The maximum absolute atomic E-state index is 12.6. The van der Waals surface area contributed by atoms with Crippen LogP contribution in [0.3, 0.4) is 0 Å². The van der Waals surface area contributed by atoms with Crippen molar-refractivity contribution < 1.29 is 14.2 Å². The molecule has 1 aliphatic carbocycles. The zero-order valence-electron chi connectivity index (χ0n) is 9.03. The van der Waals surface area contributed by atoms with Gasteiger partial charge >= 0.3 is 0 Å². The molecule has 0 aromatic heterocycles. The highest BCUT2D eigenvalue weighted by molar-refractivity contribution is 5.22. The summed E-state index contributed by atoms with van der Waals surface area (Å²) in [4.78, 5) is 0. The van der Waals surface area contributed by atoms with Gasteiger partial charge in [0, 0.05) is 6.54 Å². The van der Waals surface area contributed by atoms with Crippen LogP contribution >= 0.6 is 0 Å². The van der Waals surface area contributed by atoms with Crippen LogP contribution in [0.1, 0.15) is 12.8 Å². The van der Waals surface area contributed by atoms with Crippen molar-refractivity contribution in [2.24, 2.45) is 11.7 Å². The molecule has 0 heterocycles. The second-order valence-electron chi connectivity index (χ2n) is 4.32. The summed E-state index contributed by atoms with van der Waals surface area (Å²) in [6.45, 7) is 0.360. The molecule has 0 spiro atoms. The lowest BCUT2D eigenvalue weighted by atomic mass is 9.99. The highest BCUT2D eigenvalue weighted by Crippen LogP contribution is 2.39. The van der Waals surface area contributed by atoms with Crippen molar-refractivity contribution in [2.45, 2.75) is 18.4 Å². The number of hydrogen-bond donors (Lipinski definition) is 2. The number of halogens is 1. The molecule has 1 saturated carbocycles. The molecule has 0 saturated heterocycles. The van der Waals surface area contributed by atoms with E-state index in [4.69, 9.17) is 10.5 Å². The third-order valence-electron chi connectivity index (χ3n) is 2.99. The molecular weight excluding hydrogens is 209 g/mol. The van der Waals surface area contributed by atoms with Crippen LogP contribution in [0.5, 0.6) is 5.75 Å². The van der Waals surface area contributed by atoms with E-state index in [1.54, 1.807) is 12.1 Å². The van der Waals surface area contributed by atoms with Crippen LogP contribution in [0.15, 0.2) is 24.3 Å². The number of ether oxygens (including phenoxy) is 1. The van der Waals surface area contributed by atoms with Crippen molar-refractivity contribution in [3.63, 3.8) is 0 Å². The lowest BCUT2D eigenvalue weighted by Gasteiger charge is -2.26. The minimum atomic E-state index is -0.936. The van der Waals surface area contributed by atoms with Gasteiger partial charge in [-0.1, -0.05) is 0 Å². The largest absolute Gasteiger partial charge is 0.491 e. The van der Waals surface area contributed by atoms with Gasteiger partial charge in [-0.25, -0.2) is 4.39 Å². The number of nitrogens with two attached hydrogens (primary N) is 1. The molecule has 0 bridgehead atoms. The first-order chi connectivity index (χ1) is 7.64. The first kappa shape index (κ1) is 11.4. The number of rotatable bonds is 5. The lowest BCUT2D eigenvalue weighted by Crippen LogP contribution is -2.45. The Morgan fingerprint density at radius 1 is 1.38 bits per heavy atom. The zero-order chi connectivity index (χ0) is 11.6. The summed E-state index contributed by atoms with van der Waals surface area (Å²) < 4.78 is 18.1. The van der Waals surface area contributed by atoms with Gasteiger partial charge in [-0.2, -0.15) is 0 Å². The van der Waals surface area contributed by atoms with E-state index in [9.17, 15) is 9.50 Å². The molecule has 3 nitrogen and oxygen atoms in total. The van der Waals surface area contributed by atoms with Crippen LogP contribution in [-0.2, 0) is 0 Å². The summed E-state index contributed by atoms with van der Waals surface area (Å²) in [5.74, 6) is 0.496. The van der Waals surface area contributed by atoms with E-state index >= 15 is 0 Å². The van der Waals surface area contributed by atoms with Crippen LogP contribution in [0.2, 0.25) is 0 Å². The van der Waals surface area contributed by atoms with Crippen molar-refractivity contribution in [3.05, 3.63) is 30.1 Å². The maximum atomic E-state index is 12.6. The quantitative estimate of drug-likeness (QED) is 0.794. The molecule has 16 heavy (non-hydrogen) atoms. The Balaban J connectivity index is 1.92. The fourth-order valence-electron chi connectivity index (χ4n) is 1.70. The van der Waals surface area contributed by atoms with Crippen LogP contribution in [0.4, 0.5) is 4.39 Å². The summed E-state index contributed by atoms with van der Waals surface area (Å²) in [7, 11) is 0.